The Bertz CT molecular complexity index is 1040. The summed E-state index contributed by atoms with van der Waals surface area (Å²) in [6, 6.07) is 0. The lowest BCUT2D eigenvalue weighted by Gasteiger charge is -2.39. The predicted molar refractivity (Wildman–Crippen MR) is 131 cm³/mol. The molecule has 0 bridgehead atoms. The van der Waals surface area contributed by atoms with Crippen molar-refractivity contribution in [2.45, 2.75) is 30.0 Å². The highest BCUT2D eigenvalue weighted by Gasteiger charge is 2.77. The molecule has 0 aliphatic rings. The Labute approximate surface area is 262 Å². The topological polar surface area (TPSA) is 142 Å². The van der Waals surface area contributed by atoms with E-state index in [1.807, 2.05) is 4.94 Å². The molecule has 0 rings (SSSR count). The number of carbonyl (C=O) groups is 4. The van der Waals surface area contributed by atoms with Crippen LogP contribution in [0.2, 0.25) is 0 Å². The lowest BCUT2D eigenvalue weighted by atomic mass is 10.1. The molecule has 0 amide bonds. The van der Waals surface area contributed by atoms with E-state index in [2.05, 4.69) is 54.7 Å². The summed E-state index contributed by atoms with van der Waals surface area (Å²) in [6.07, 6.45) is -14.2. The third-order valence-electron chi connectivity index (χ3n) is 3.91. The summed E-state index contributed by atoms with van der Waals surface area (Å²) in [7, 11) is 0. The Morgan fingerprint density at radius 1 is 0.542 bits per heavy atom. The van der Waals surface area contributed by atoms with E-state index in [9.17, 15) is 72.1 Å². The van der Waals surface area contributed by atoms with Crippen molar-refractivity contribution in [3.8, 4) is 0 Å². The number of halogens is 12. The quantitative estimate of drug-likeness (QED) is 0.0695. The van der Waals surface area contributed by atoms with Gasteiger partial charge in [0.1, 0.15) is 33.2 Å². The summed E-state index contributed by atoms with van der Waals surface area (Å²) in [5.74, 6) is -16.6. The predicted octanol–water partition coefficient (Wildman–Crippen LogP) is 4.76. The van der Waals surface area contributed by atoms with Gasteiger partial charge in [-0.05, 0) is 9.05 Å². The first-order chi connectivity index (χ1) is 22.1. The highest BCUT2D eigenvalue weighted by molar-refractivity contribution is 5.82. The Hall–Kier alpha value is -4.16. The van der Waals surface area contributed by atoms with E-state index >= 15 is 0 Å². The second-order valence-electron chi connectivity index (χ2n) is 7.41. The van der Waals surface area contributed by atoms with E-state index in [0.717, 1.165) is 12.2 Å². The van der Waals surface area contributed by atoms with Crippen molar-refractivity contribution in [2.24, 2.45) is 0 Å². The standard InChI is InChI=1S/C14H12F10O8.2C5H7FO2/c1-3-8(25)27-6-11(16,17)29-5-10(15,13(20,31-23)14(21,22)32-24)30-12(18,19)7-28-9(26)4-2;2*1-2-5(7)8-4-3-6/h3-4H,1-2,5-7H2;2*2H,1,3-4H2. The van der Waals surface area contributed by atoms with Gasteiger partial charge in [-0.15, -0.1) is 9.88 Å². The normalized spacial score (nSPS) is 13.7. The van der Waals surface area contributed by atoms with Crippen molar-refractivity contribution in [2.75, 3.05) is 46.4 Å². The van der Waals surface area contributed by atoms with Crippen LogP contribution in [0.3, 0.4) is 0 Å². The van der Waals surface area contributed by atoms with Crippen LogP contribution < -0.4 is 0 Å². The Balaban J connectivity index is -0.00000103. The lowest BCUT2D eigenvalue weighted by molar-refractivity contribution is -0.544. The largest absolute Gasteiger partial charge is 0.460 e. The maximum atomic E-state index is 14.7. The number of hydrogen-bond donors (Lipinski definition) is 0. The van der Waals surface area contributed by atoms with E-state index < -0.39 is 87.1 Å². The van der Waals surface area contributed by atoms with Gasteiger partial charge in [0.15, 0.2) is 13.2 Å². The summed E-state index contributed by atoms with van der Waals surface area (Å²) in [5, 5.41) is 0. The number of hydrogen-bond acceptors (Lipinski definition) is 12. The van der Waals surface area contributed by atoms with Crippen LogP contribution in [-0.4, -0.2) is 100 Å². The molecule has 2 atom stereocenters. The summed E-state index contributed by atoms with van der Waals surface area (Å²) in [5.41, 5.74) is 0. The van der Waals surface area contributed by atoms with Crippen LogP contribution in [0.5, 0.6) is 0 Å². The minimum atomic E-state index is -6.46. The number of rotatable bonds is 21. The molecule has 0 aromatic heterocycles. The molecular formula is C24H26F12O12. The smallest absolute Gasteiger partial charge is 0.453 e. The van der Waals surface area contributed by atoms with Gasteiger partial charge in [-0.25, -0.2) is 32.3 Å². The molecule has 24 heteroatoms. The molecule has 48 heavy (non-hydrogen) atoms. The molecule has 0 spiro atoms. The van der Waals surface area contributed by atoms with E-state index in [0.29, 0.717) is 6.08 Å². The number of carbonyl (C=O) groups excluding carboxylic acids is 4. The molecule has 12 nitrogen and oxygen atoms in total. The van der Waals surface area contributed by atoms with Crippen molar-refractivity contribution in [1.29, 1.82) is 0 Å². The average molecular weight is 734 g/mol. The van der Waals surface area contributed by atoms with E-state index in [1.54, 1.807) is 4.94 Å². The maximum absolute atomic E-state index is 14.7. The number of esters is 4. The van der Waals surface area contributed by atoms with Crippen LogP contribution >= 0.6 is 0 Å². The fourth-order valence-electron chi connectivity index (χ4n) is 1.89. The van der Waals surface area contributed by atoms with E-state index in [1.165, 1.54) is 0 Å². The molecule has 278 valence electrons. The molecule has 0 aromatic carbocycles. The first kappa shape index (κ1) is 48.2. The first-order valence-corrected chi connectivity index (χ1v) is 11.8. The molecule has 0 aromatic rings. The van der Waals surface area contributed by atoms with Crippen molar-refractivity contribution in [3.63, 3.8) is 0 Å². The summed E-state index contributed by atoms with van der Waals surface area (Å²) in [6.45, 7) is 2.51. The first-order valence-electron chi connectivity index (χ1n) is 11.8. The molecule has 0 radical (unpaired) electrons. The molecule has 0 saturated carbocycles. The van der Waals surface area contributed by atoms with Crippen LogP contribution in [0.15, 0.2) is 50.6 Å². The third kappa shape index (κ3) is 18.9. The van der Waals surface area contributed by atoms with Gasteiger partial charge in [0, 0.05) is 24.3 Å². The number of ether oxygens (including phenoxy) is 6. The minimum absolute atomic E-state index is 0.176. The summed E-state index contributed by atoms with van der Waals surface area (Å²) < 4.78 is 179. The molecule has 2 unspecified atom stereocenters. The molecule has 0 heterocycles. The zero-order chi connectivity index (χ0) is 38.2. The summed E-state index contributed by atoms with van der Waals surface area (Å²) in [4.78, 5) is 45.1. The van der Waals surface area contributed by atoms with Gasteiger partial charge in [0.05, 0.1) is 0 Å². The monoisotopic (exact) mass is 734 g/mol. The van der Waals surface area contributed by atoms with Gasteiger partial charge in [-0.3, -0.25) is 4.74 Å². The molecule has 0 saturated heterocycles. The average Bonchev–Trinajstić information content (AvgIpc) is 3.06. The fourth-order valence-corrected chi connectivity index (χ4v) is 1.89. The highest BCUT2D eigenvalue weighted by atomic mass is 19.4. The second-order valence-corrected chi connectivity index (χ2v) is 7.41. The molecule has 0 aliphatic heterocycles. The van der Waals surface area contributed by atoms with Crippen LogP contribution in [-0.2, 0) is 57.5 Å². The SMILES string of the molecule is C=CC(=O)OCC(F)(F)OCC(F)(OC(F)(F)COC(=O)C=C)C(F)(OF)C(F)(F)OF.C=CC(=O)OCCF.C=CC(=O)OCCF. The van der Waals surface area contributed by atoms with Gasteiger partial charge >= 0.3 is 53.9 Å². The lowest BCUT2D eigenvalue weighted by Crippen LogP contribution is -2.66. The van der Waals surface area contributed by atoms with Gasteiger partial charge in [0.2, 0.25) is 0 Å². The van der Waals surface area contributed by atoms with Crippen LogP contribution in [0.25, 0.3) is 0 Å². The van der Waals surface area contributed by atoms with Gasteiger partial charge < -0.3 is 23.7 Å². The Kier molecular flexibility index (Phi) is 23.3. The zero-order valence-electron chi connectivity index (χ0n) is 24.0. The van der Waals surface area contributed by atoms with Crippen LogP contribution in [0, 0.1) is 0 Å². The van der Waals surface area contributed by atoms with Crippen molar-refractivity contribution < 1.29 is 110 Å². The van der Waals surface area contributed by atoms with Crippen molar-refractivity contribution in [3.05, 3.63) is 50.6 Å². The maximum Gasteiger partial charge on any atom is 0.453 e. The molecule has 0 fully saturated rings. The Morgan fingerprint density at radius 2 is 0.896 bits per heavy atom. The number of alkyl halides is 10. The minimum Gasteiger partial charge on any atom is -0.460 e. The second kappa shape index (κ2) is 23.2. The third-order valence-corrected chi connectivity index (χ3v) is 3.91. The van der Waals surface area contributed by atoms with Gasteiger partial charge in [-0.2, -0.15) is 30.7 Å². The zero-order valence-corrected chi connectivity index (χ0v) is 24.0. The molecular weight excluding hydrogens is 708 g/mol. The van der Waals surface area contributed by atoms with E-state index in [4.69, 9.17) is 0 Å². The van der Waals surface area contributed by atoms with Crippen molar-refractivity contribution >= 4 is 23.9 Å². The van der Waals surface area contributed by atoms with Crippen molar-refractivity contribution in [1.82, 2.24) is 0 Å². The summed E-state index contributed by atoms with van der Waals surface area (Å²) >= 11 is 0. The van der Waals surface area contributed by atoms with Gasteiger partial charge in [-0.1, -0.05) is 26.3 Å². The Morgan fingerprint density at radius 3 is 1.21 bits per heavy atom. The highest BCUT2D eigenvalue weighted by Crippen LogP contribution is 2.49. The fraction of sp³-hybridized carbons (Fsp3) is 0.500. The molecule has 0 aliphatic carbocycles. The van der Waals surface area contributed by atoms with Gasteiger partial charge in [0.25, 0.3) is 0 Å². The van der Waals surface area contributed by atoms with Crippen LogP contribution in [0.4, 0.5) is 53.0 Å². The van der Waals surface area contributed by atoms with E-state index in [-0.39, 0.29) is 19.3 Å². The van der Waals surface area contributed by atoms with Crippen LogP contribution in [0.1, 0.15) is 0 Å². The molecule has 0 N–H and O–H groups in total.